The van der Waals surface area contributed by atoms with Crippen LogP contribution < -0.4 is 0 Å². The van der Waals surface area contributed by atoms with Gasteiger partial charge in [-0.2, -0.15) is 0 Å². The smallest absolute Gasteiger partial charge is 0.306 e. The zero-order valence-electron chi connectivity index (χ0n) is 18.9. The van der Waals surface area contributed by atoms with Crippen molar-refractivity contribution in [2.75, 3.05) is 19.5 Å². The number of aryl methyl sites for hydroxylation is 2. The van der Waals surface area contributed by atoms with Gasteiger partial charge in [-0.05, 0) is 61.8 Å². The van der Waals surface area contributed by atoms with Crippen molar-refractivity contribution >= 4 is 23.5 Å². The third kappa shape index (κ3) is 5.88. The van der Waals surface area contributed by atoms with Crippen LogP contribution in [-0.2, 0) is 27.2 Å². The summed E-state index contributed by atoms with van der Waals surface area (Å²) in [5.41, 5.74) is 4.49. The maximum atomic E-state index is 12.9. The molecule has 3 rings (SSSR count). The van der Waals surface area contributed by atoms with Gasteiger partial charge < -0.3 is 9.64 Å². The highest BCUT2D eigenvalue weighted by Crippen LogP contribution is 2.41. The van der Waals surface area contributed by atoms with Crippen molar-refractivity contribution in [2.24, 2.45) is 5.92 Å². The van der Waals surface area contributed by atoms with E-state index in [-0.39, 0.29) is 36.0 Å². The monoisotopic (exact) mass is 441 g/mol. The molecule has 5 heteroatoms. The molecule has 2 aromatic rings. The van der Waals surface area contributed by atoms with Gasteiger partial charge in [0.25, 0.3) is 0 Å². The standard InChI is InChI=1S/C26H32ClNO3/c1-26(2,3)31-24(30)15-20(17-28(4)23(29)16-27)25-21-11-7-5-9-18(21)13-14-19-10-6-8-12-22(19)25/h5-12,20,25H,13-17H2,1-4H3. The van der Waals surface area contributed by atoms with Crippen molar-refractivity contribution in [1.29, 1.82) is 0 Å². The molecule has 1 aliphatic carbocycles. The number of benzene rings is 2. The quantitative estimate of drug-likeness (QED) is 0.470. The number of carbonyl (C=O) groups is 2. The molecule has 31 heavy (non-hydrogen) atoms. The van der Waals surface area contributed by atoms with Crippen LogP contribution in [0.4, 0.5) is 0 Å². The van der Waals surface area contributed by atoms with Gasteiger partial charge in [-0.1, -0.05) is 48.5 Å². The Morgan fingerprint density at radius 2 is 1.55 bits per heavy atom. The van der Waals surface area contributed by atoms with Crippen molar-refractivity contribution < 1.29 is 14.3 Å². The minimum atomic E-state index is -0.557. The first-order chi connectivity index (χ1) is 14.7. The largest absolute Gasteiger partial charge is 0.460 e. The number of halogens is 1. The molecule has 1 unspecified atom stereocenters. The summed E-state index contributed by atoms with van der Waals surface area (Å²) in [6, 6.07) is 16.9. The van der Waals surface area contributed by atoms with Crippen molar-refractivity contribution in [3.63, 3.8) is 0 Å². The number of carbonyl (C=O) groups excluding carboxylic acids is 2. The van der Waals surface area contributed by atoms with Crippen LogP contribution in [0.2, 0.25) is 0 Å². The van der Waals surface area contributed by atoms with Crippen molar-refractivity contribution in [1.82, 2.24) is 4.90 Å². The second-order valence-corrected chi connectivity index (χ2v) is 9.60. The topological polar surface area (TPSA) is 46.6 Å². The Hall–Kier alpha value is -2.33. The van der Waals surface area contributed by atoms with Gasteiger partial charge >= 0.3 is 5.97 Å². The van der Waals surface area contributed by atoms with Crippen LogP contribution in [0.25, 0.3) is 0 Å². The molecule has 0 radical (unpaired) electrons. The van der Waals surface area contributed by atoms with Gasteiger partial charge in [0.2, 0.25) is 5.91 Å². The highest BCUT2D eigenvalue weighted by Gasteiger charge is 2.34. The number of ether oxygens (including phenoxy) is 1. The van der Waals surface area contributed by atoms with E-state index in [4.69, 9.17) is 16.3 Å². The molecule has 0 bridgehead atoms. The Bertz CT molecular complexity index is 887. The molecule has 0 spiro atoms. The van der Waals surface area contributed by atoms with Crippen molar-refractivity contribution in [3.8, 4) is 0 Å². The predicted molar refractivity (Wildman–Crippen MR) is 124 cm³/mol. The number of alkyl halides is 1. The first kappa shape index (κ1) is 23.3. The zero-order chi connectivity index (χ0) is 22.6. The average Bonchev–Trinajstić information content (AvgIpc) is 2.88. The van der Waals surface area contributed by atoms with E-state index in [1.807, 2.05) is 20.8 Å². The van der Waals surface area contributed by atoms with E-state index in [0.29, 0.717) is 6.54 Å². The molecular weight excluding hydrogens is 410 g/mol. The van der Waals surface area contributed by atoms with Crippen LogP contribution in [0.3, 0.4) is 0 Å². The normalized spacial score (nSPS) is 14.7. The number of hydrogen-bond donors (Lipinski definition) is 0. The lowest BCUT2D eigenvalue weighted by molar-refractivity contribution is -0.156. The number of esters is 1. The Morgan fingerprint density at radius 3 is 2.03 bits per heavy atom. The van der Waals surface area contributed by atoms with E-state index in [9.17, 15) is 9.59 Å². The molecule has 1 aliphatic rings. The summed E-state index contributed by atoms with van der Waals surface area (Å²) in [7, 11) is 1.75. The van der Waals surface area contributed by atoms with Gasteiger partial charge in [-0.25, -0.2) is 0 Å². The van der Waals surface area contributed by atoms with Gasteiger partial charge in [0.1, 0.15) is 11.5 Å². The fourth-order valence-corrected chi connectivity index (χ4v) is 4.72. The van der Waals surface area contributed by atoms with Crippen LogP contribution in [0, 0.1) is 5.92 Å². The highest BCUT2D eigenvalue weighted by molar-refractivity contribution is 6.27. The van der Waals surface area contributed by atoms with Crippen molar-refractivity contribution in [3.05, 3.63) is 70.8 Å². The second kappa shape index (κ2) is 9.86. The fraction of sp³-hybridized carbons (Fsp3) is 0.462. The summed E-state index contributed by atoms with van der Waals surface area (Å²) in [6.07, 6.45) is 2.14. The SMILES string of the molecule is CN(CC(CC(=O)OC(C)(C)C)C1c2ccccc2CCc2ccccc21)C(=O)CCl. The van der Waals surface area contributed by atoms with Gasteiger partial charge in [0, 0.05) is 19.5 Å². The van der Waals surface area contributed by atoms with Crippen LogP contribution in [-0.4, -0.2) is 41.8 Å². The summed E-state index contributed by atoms with van der Waals surface area (Å²) < 4.78 is 5.67. The minimum absolute atomic E-state index is 0.00649. The molecule has 0 fully saturated rings. The van der Waals surface area contributed by atoms with Gasteiger partial charge in [-0.15, -0.1) is 11.6 Å². The number of fused-ring (bicyclic) bond motifs is 2. The Morgan fingerprint density at radius 1 is 1.03 bits per heavy atom. The number of amides is 1. The summed E-state index contributed by atoms with van der Waals surface area (Å²) in [5, 5.41) is 0. The summed E-state index contributed by atoms with van der Waals surface area (Å²) in [6.45, 7) is 6.05. The van der Waals surface area contributed by atoms with Gasteiger partial charge in [0.05, 0.1) is 6.42 Å². The molecule has 2 aromatic carbocycles. The molecule has 0 aliphatic heterocycles. The molecule has 1 amide bonds. The second-order valence-electron chi connectivity index (χ2n) is 9.33. The van der Waals surface area contributed by atoms with Crippen LogP contribution in [0.5, 0.6) is 0 Å². The molecule has 0 saturated heterocycles. The minimum Gasteiger partial charge on any atom is -0.460 e. The molecule has 0 N–H and O–H groups in total. The maximum Gasteiger partial charge on any atom is 0.306 e. The number of rotatable bonds is 6. The molecule has 0 saturated carbocycles. The zero-order valence-corrected chi connectivity index (χ0v) is 19.6. The summed E-state index contributed by atoms with van der Waals surface area (Å²) in [5.74, 6) is -0.608. The lowest BCUT2D eigenvalue weighted by atomic mass is 9.77. The Kier molecular flexibility index (Phi) is 7.42. The summed E-state index contributed by atoms with van der Waals surface area (Å²) in [4.78, 5) is 26.8. The number of nitrogens with zero attached hydrogens (tertiary/aromatic N) is 1. The molecule has 0 aromatic heterocycles. The van der Waals surface area contributed by atoms with Crippen LogP contribution >= 0.6 is 11.6 Å². The Balaban J connectivity index is 2.06. The van der Waals surface area contributed by atoms with E-state index >= 15 is 0 Å². The molecule has 1 atom stereocenters. The molecular formula is C26H32ClNO3. The predicted octanol–water partition coefficient (Wildman–Crippen LogP) is 4.96. The van der Waals surface area contributed by atoms with Crippen LogP contribution in [0.15, 0.2) is 48.5 Å². The molecule has 4 nitrogen and oxygen atoms in total. The first-order valence-corrected chi connectivity index (χ1v) is 11.4. The van der Waals surface area contributed by atoms with Crippen molar-refractivity contribution in [2.45, 2.75) is 51.6 Å². The van der Waals surface area contributed by atoms with E-state index in [2.05, 4.69) is 48.5 Å². The Labute approximate surface area is 190 Å². The molecule has 0 heterocycles. The highest BCUT2D eigenvalue weighted by atomic mass is 35.5. The van der Waals surface area contributed by atoms with Gasteiger partial charge in [-0.3, -0.25) is 9.59 Å². The lowest BCUT2D eigenvalue weighted by Crippen LogP contribution is -2.37. The first-order valence-electron chi connectivity index (χ1n) is 10.9. The van der Waals surface area contributed by atoms with E-state index in [1.54, 1.807) is 11.9 Å². The molecule has 166 valence electrons. The third-order valence-electron chi connectivity index (χ3n) is 5.81. The van der Waals surface area contributed by atoms with Crippen LogP contribution in [0.1, 0.15) is 55.4 Å². The van der Waals surface area contributed by atoms with E-state index in [0.717, 1.165) is 12.8 Å². The average molecular weight is 442 g/mol. The van der Waals surface area contributed by atoms with E-state index < -0.39 is 5.60 Å². The fourth-order valence-electron chi connectivity index (χ4n) is 4.52. The summed E-state index contributed by atoms with van der Waals surface area (Å²) >= 11 is 5.81. The maximum absolute atomic E-state index is 12.9. The third-order valence-corrected chi connectivity index (χ3v) is 6.04. The van der Waals surface area contributed by atoms with E-state index in [1.165, 1.54) is 22.3 Å². The van der Waals surface area contributed by atoms with Gasteiger partial charge in [0.15, 0.2) is 0 Å². The lowest BCUT2D eigenvalue weighted by Gasteiger charge is -2.33. The number of hydrogen-bond acceptors (Lipinski definition) is 3.